The van der Waals surface area contributed by atoms with Crippen LogP contribution in [0.1, 0.15) is 11.4 Å². The molecular weight excluding hydrogens is 235 g/mol. The number of benzene rings is 1. The molecule has 0 atom stereocenters. The first kappa shape index (κ1) is 12.2. The maximum Gasteiger partial charge on any atom is 0.270 e. The molecule has 0 aliphatic heterocycles. The van der Waals surface area contributed by atoms with Crippen molar-refractivity contribution in [1.82, 2.24) is 4.98 Å². The van der Waals surface area contributed by atoms with E-state index < -0.39 is 10.7 Å². The van der Waals surface area contributed by atoms with E-state index in [0.717, 1.165) is 23.5 Å². The lowest BCUT2D eigenvalue weighted by Crippen LogP contribution is -1.93. The molecule has 0 aliphatic carbocycles. The zero-order valence-electron chi connectivity index (χ0n) is 9.98. The van der Waals surface area contributed by atoms with Gasteiger partial charge in [-0.3, -0.25) is 15.1 Å². The molecule has 0 unspecified atom stereocenters. The number of nitro benzene ring substituents is 1. The molecular formula is C13H11FN2O2. The third kappa shape index (κ3) is 2.34. The zero-order valence-corrected chi connectivity index (χ0v) is 9.98. The van der Waals surface area contributed by atoms with E-state index in [0.29, 0.717) is 5.56 Å². The molecule has 5 heteroatoms. The van der Waals surface area contributed by atoms with Crippen molar-refractivity contribution in [3.05, 3.63) is 57.7 Å². The molecule has 1 aromatic heterocycles. The highest BCUT2D eigenvalue weighted by atomic mass is 19.1. The summed E-state index contributed by atoms with van der Waals surface area (Å²) in [6, 6.07) is 6.91. The Hall–Kier alpha value is -2.30. The van der Waals surface area contributed by atoms with Gasteiger partial charge in [-0.1, -0.05) is 0 Å². The van der Waals surface area contributed by atoms with Crippen molar-refractivity contribution in [3.8, 4) is 11.1 Å². The Morgan fingerprint density at radius 1 is 1.17 bits per heavy atom. The third-order valence-corrected chi connectivity index (χ3v) is 2.55. The summed E-state index contributed by atoms with van der Waals surface area (Å²) >= 11 is 0. The number of pyridine rings is 1. The van der Waals surface area contributed by atoms with E-state index in [-0.39, 0.29) is 11.3 Å². The monoisotopic (exact) mass is 246 g/mol. The van der Waals surface area contributed by atoms with E-state index in [4.69, 9.17) is 0 Å². The van der Waals surface area contributed by atoms with Crippen LogP contribution in [0.5, 0.6) is 0 Å². The molecule has 0 saturated heterocycles. The summed E-state index contributed by atoms with van der Waals surface area (Å²) in [6.45, 7) is 3.59. The summed E-state index contributed by atoms with van der Waals surface area (Å²) in [5.74, 6) is -0.481. The molecule has 92 valence electrons. The van der Waals surface area contributed by atoms with Crippen LogP contribution < -0.4 is 0 Å². The van der Waals surface area contributed by atoms with Crippen LogP contribution in [-0.4, -0.2) is 9.91 Å². The first-order chi connectivity index (χ1) is 8.47. The largest absolute Gasteiger partial charge is 0.270 e. The summed E-state index contributed by atoms with van der Waals surface area (Å²) in [4.78, 5) is 14.4. The molecule has 0 fully saturated rings. The lowest BCUT2D eigenvalue weighted by Gasteiger charge is -2.06. The number of nitro groups is 1. The highest BCUT2D eigenvalue weighted by Gasteiger charge is 2.13. The average molecular weight is 246 g/mol. The molecule has 0 amide bonds. The minimum atomic E-state index is -0.538. The van der Waals surface area contributed by atoms with Gasteiger partial charge in [0.25, 0.3) is 5.69 Å². The number of rotatable bonds is 2. The van der Waals surface area contributed by atoms with Gasteiger partial charge in [-0.15, -0.1) is 0 Å². The van der Waals surface area contributed by atoms with Gasteiger partial charge in [0.15, 0.2) is 0 Å². The molecule has 18 heavy (non-hydrogen) atoms. The van der Waals surface area contributed by atoms with Crippen LogP contribution in [0.2, 0.25) is 0 Å². The minimum absolute atomic E-state index is 0.126. The zero-order chi connectivity index (χ0) is 13.3. The van der Waals surface area contributed by atoms with Gasteiger partial charge in [0, 0.05) is 29.1 Å². The van der Waals surface area contributed by atoms with Crippen LogP contribution in [0, 0.1) is 29.8 Å². The number of aromatic nitrogens is 1. The maximum atomic E-state index is 13.7. The van der Waals surface area contributed by atoms with E-state index in [9.17, 15) is 14.5 Å². The quantitative estimate of drug-likeness (QED) is 0.602. The molecule has 1 aromatic carbocycles. The lowest BCUT2D eigenvalue weighted by atomic mass is 10.0. The summed E-state index contributed by atoms with van der Waals surface area (Å²) in [5, 5.41) is 10.7. The standard InChI is InChI=1S/C13H11FN2O2/c1-8-5-10(6-9(2)15-8)12-7-11(16(17)18)3-4-13(12)14/h3-7H,1-2H3. The van der Waals surface area contributed by atoms with E-state index >= 15 is 0 Å². The van der Waals surface area contributed by atoms with Gasteiger partial charge in [-0.05, 0) is 37.6 Å². The molecule has 0 N–H and O–H groups in total. The van der Waals surface area contributed by atoms with Crippen molar-refractivity contribution in [3.63, 3.8) is 0 Å². The Bertz CT molecular complexity index is 606. The van der Waals surface area contributed by atoms with Gasteiger partial charge in [-0.2, -0.15) is 0 Å². The molecule has 1 heterocycles. The SMILES string of the molecule is Cc1cc(-c2cc([N+](=O)[O-])ccc2F)cc(C)n1. The minimum Gasteiger partial charge on any atom is -0.258 e. The molecule has 0 bridgehead atoms. The van der Waals surface area contributed by atoms with Crippen molar-refractivity contribution < 1.29 is 9.31 Å². The van der Waals surface area contributed by atoms with Gasteiger partial charge in [0.2, 0.25) is 0 Å². The summed E-state index contributed by atoms with van der Waals surface area (Å²) in [7, 11) is 0. The van der Waals surface area contributed by atoms with Crippen molar-refractivity contribution >= 4 is 5.69 Å². The lowest BCUT2D eigenvalue weighted by molar-refractivity contribution is -0.384. The summed E-state index contributed by atoms with van der Waals surface area (Å²) < 4.78 is 13.7. The summed E-state index contributed by atoms with van der Waals surface area (Å²) in [5.41, 5.74) is 2.18. The Morgan fingerprint density at radius 2 is 1.78 bits per heavy atom. The van der Waals surface area contributed by atoms with Crippen LogP contribution in [0.15, 0.2) is 30.3 Å². The third-order valence-electron chi connectivity index (χ3n) is 2.55. The van der Waals surface area contributed by atoms with Crippen LogP contribution in [-0.2, 0) is 0 Å². The number of halogens is 1. The van der Waals surface area contributed by atoms with Crippen LogP contribution in [0.3, 0.4) is 0 Å². The van der Waals surface area contributed by atoms with Crippen LogP contribution in [0.4, 0.5) is 10.1 Å². The second kappa shape index (κ2) is 4.52. The topological polar surface area (TPSA) is 56.0 Å². The average Bonchev–Trinajstić information content (AvgIpc) is 2.27. The smallest absolute Gasteiger partial charge is 0.258 e. The van der Waals surface area contributed by atoms with Crippen LogP contribution >= 0.6 is 0 Å². The number of nitrogens with zero attached hydrogens (tertiary/aromatic N) is 2. The van der Waals surface area contributed by atoms with Gasteiger partial charge in [0.05, 0.1) is 4.92 Å². The second-order valence-corrected chi connectivity index (χ2v) is 4.06. The number of hydrogen-bond donors (Lipinski definition) is 0. The molecule has 0 spiro atoms. The fourth-order valence-electron chi connectivity index (χ4n) is 1.84. The highest BCUT2D eigenvalue weighted by molar-refractivity contribution is 5.67. The fourth-order valence-corrected chi connectivity index (χ4v) is 1.84. The number of non-ortho nitro benzene ring substituents is 1. The molecule has 0 radical (unpaired) electrons. The van der Waals surface area contributed by atoms with E-state index in [2.05, 4.69) is 4.98 Å². The van der Waals surface area contributed by atoms with E-state index in [1.165, 1.54) is 6.07 Å². The Morgan fingerprint density at radius 3 is 2.33 bits per heavy atom. The second-order valence-electron chi connectivity index (χ2n) is 4.06. The number of aryl methyl sites for hydroxylation is 2. The Labute approximate surface area is 103 Å². The fraction of sp³-hybridized carbons (Fsp3) is 0.154. The predicted molar refractivity (Wildman–Crippen MR) is 65.8 cm³/mol. The van der Waals surface area contributed by atoms with Crippen molar-refractivity contribution in [2.45, 2.75) is 13.8 Å². The van der Waals surface area contributed by atoms with Crippen molar-refractivity contribution in [2.24, 2.45) is 0 Å². The van der Waals surface area contributed by atoms with E-state index in [1.807, 2.05) is 0 Å². The van der Waals surface area contributed by atoms with Crippen molar-refractivity contribution in [2.75, 3.05) is 0 Å². The first-order valence-corrected chi connectivity index (χ1v) is 5.37. The molecule has 0 saturated carbocycles. The highest BCUT2D eigenvalue weighted by Crippen LogP contribution is 2.27. The van der Waals surface area contributed by atoms with E-state index in [1.54, 1.807) is 26.0 Å². The number of hydrogen-bond acceptors (Lipinski definition) is 3. The molecule has 2 aromatic rings. The van der Waals surface area contributed by atoms with Gasteiger partial charge >= 0.3 is 0 Å². The molecule has 2 rings (SSSR count). The van der Waals surface area contributed by atoms with Gasteiger partial charge in [-0.25, -0.2) is 4.39 Å². The Balaban J connectivity index is 2.62. The summed E-state index contributed by atoms with van der Waals surface area (Å²) in [6.07, 6.45) is 0. The normalized spacial score (nSPS) is 10.4. The van der Waals surface area contributed by atoms with Crippen LogP contribution in [0.25, 0.3) is 11.1 Å². The molecule has 4 nitrogen and oxygen atoms in total. The van der Waals surface area contributed by atoms with Gasteiger partial charge < -0.3 is 0 Å². The first-order valence-electron chi connectivity index (χ1n) is 5.37. The predicted octanol–water partition coefficient (Wildman–Crippen LogP) is 3.41. The van der Waals surface area contributed by atoms with Crippen molar-refractivity contribution in [1.29, 1.82) is 0 Å². The molecule has 0 aliphatic rings. The Kier molecular flexibility index (Phi) is 3.06. The maximum absolute atomic E-state index is 13.7. The van der Waals surface area contributed by atoms with Gasteiger partial charge in [0.1, 0.15) is 5.82 Å².